The van der Waals surface area contributed by atoms with E-state index in [0.29, 0.717) is 11.0 Å². The number of hydrogen-bond acceptors (Lipinski definition) is 4. The minimum Gasteiger partial charge on any atom is -0.398 e. The van der Waals surface area contributed by atoms with Crippen molar-refractivity contribution in [2.75, 3.05) is 18.0 Å². The summed E-state index contributed by atoms with van der Waals surface area (Å²) in [5.74, 6) is 1.09. The fourth-order valence-electron chi connectivity index (χ4n) is 2.04. The molecule has 0 radical (unpaired) electrons. The van der Waals surface area contributed by atoms with Crippen LogP contribution in [-0.4, -0.2) is 25.5 Å². The standard InChI is InChI=1S/C12H17BrN2O2S2/c1-12(5-2-6-18-12)8-15-19(16,17)11-7-9(13)3-4-10(11)14/h3-4,7,15H,2,5-6,8,14H2,1H3. The molecule has 7 heteroatoms. The Balaban J connectivity index is 2.16. The predicted molar refractivity (Wildman–Crippen MR) is 83.8 cm³/mol. The second-order valence-electron chi connectivity index (χ2n) is 4.91. The van der Waals surface area contributed by atoms with Gasteiger partial charge in [0.05, 0.1) is 5.69 Å². The number of nitrogens with two attached hydrogens (primary N) is 1. The van der Waals surface area contributed by atoms with E-state index in [-0.39, 0.29) is 15.3 Å². The van der Waals surface area contributed by atoms with E-state index in [0.717, 1.165) is 18.6 Å². The summed E-state index contributed by atoms with van der Waals surface area (Å²) in [6.45, 7) is 2.53. The topological polar surface area (TPSA) is 72.2 Å². The molecule has 0 saturated carbocycles. The molecule has 0 aromatic heterocycles. The Hall–Kier alpha value is -0.240. The number of thioether (sulfide) groups is 1. The highest BCUT2D eigenvalue weighted by Crippen LogP contribution is 2.37. The Kier molecular flexibility index (Phi) is 4.49. The van der Waals surface area contributed by atoms with Crippen LogP contribution in [0, 0.1) is 0 Å². The summed E-state index contributed by atoms with van der Waals surface area (Å²) in [6.07, 6.45) is 2.18. The third-order valence-electron chi connectivity index (χ3n) is 3.20. The zero-order chi connectivity index (χ0) is 14.1. The lowest BCUT2D eigenvalue weighted by molar-refractivity contribution is 0.552. The van der Waals surface area contributed by atoms with Crippen LogP contribution >= 0.6 is 27.7 Å². The van der Waals surface area contributed by atoms with Crippen LogP contribution in [-0.2, 0) is 10.0 Å². The van der Waals surface area contributed by atoms with E-state index < -0.39 is 10.0 Å². The molecule has 0 bridgehead atoms. The monoisotopic (exact) mass is 364 g/mol. The van der Waals surface area contributed by atoms with Gasteiger partial charge in [0.2, 0.25) is 10.0 Å². The van der Waals surface area contributed by atoms with Crippen LogP contribution in [0.3, 0.4) is 0 Å². The first kappa shape index (κ1) is 15.2. The molecule has 3 N–H and O–H groups in total. The number of rotatable bonds is 4. The Morgan fingerprint density at radius 3 is 2.89 bits per heavy atom. The van der Waals surface area contributed by atoms with Gasteiger partial charge >= 0.3 is 0 Å². The molecule has 1 aromatic rings. The van der Waals surface area contributed by atoms with Crippen LogP contribution in [0.15, 0.2) is 27.6 Å². The van der Waals surface area contributed by atoms with E-state index in [1.165, 1.54) is 6.07 Å². The highest BCUT2D eigenvalue weighted by atomic mass is 79.9. The van der Waals surface area contributed by atoms with Gasteiger partial charge in [-0.15, -0.1) is 0 Å². The summed E-state index contributed by atoms with van der Waals surface area (Å²) >= 11 is 5.09. The van der Waals surface area contributed by atoms with Crippen molar-refractivity contribution in [3.05, 3.63) is 22.7 Å². The predicted octanol–water partition coefficient (Wildman–Crippen LogP) is 2.60. The Morgan fingerprint density at radius 2 is 2.26 bits per heavy atom. The van der Waals surface area contributed by atoms with Gasteiger partial charge in [0.25, 0.3) is 0 Å². The number of sulfonamides is 1. The smallest absolute Gasteiger partial charge is 0.242 e. The van der Waals surface area contributed by atoms with Crippen LogP contribution in [0.25, 0.3) is 0 Å². The normalized spacial score (nSPS) is 23.7. The molecule has 1 atom stereocenters. The lowest BCUT2D eigenvalue weighted by Gasteiger charge is -2.23. The summed E-state index contributed by atoms with van der Waals surface area (Å²) < 4.78 is 27.9. The third kappa shape index (κ3) is 3.65. The molecule has 1 aliphatic heterocycles. The van der Waals surface area contributed by atoms with E-state index in [2.05, 4.69) is 27.6 Å². The third-order valence-corrected chi connectivity index (χ3v) is 6.69. The SMILES string of the molecule is CC1(CNS(=O)(=O)c2cc(Br)ccc2N)CCCS1. The molecule has 2 rings (SSSR count). The van der Waals surface area contributed by atoms with Crippen LogP contribution in [0.1, 0.15) is 19.8 Å². The number of benzene rings is 1. The van der Waals surface area contributed by atoms with Crippen molar-refractivity contribution in [1.82, 2.24) is 4.72 Å². The van der Waals surface area contributed by atoms with Gasteiger partial charge in [0.15, 0.2) is 0 Å². The van der Waals surface area contributed by atoms with Gasteiger partial charge in [0.1, 0.15) is 4.90 Å². The van der Waals surface area contributed by atoms with Gasteiger partial charge in [0, 0.05) is 15.8 Å². The maximum absolute atomic E-state index is 12.3. The van der Waals surface area contributed by atoms with Crippen molar-refractivity contribution in [2.45, 2.75) is 29.4 Å². The second kappa shape index (κ2) is 5.63. The van der Waals surface area contributed by atoms with Crippen LogP contribution in [0.5, 0.6) is 0 Å². The van der Waals surface area contributed by atoms with Crippen LogP contribution < -0.4 is 10.5 Å². The van der Waals surface area contributed by atoms with Gasteiger partial charge < -0.3 is 5.73 Å². The van der Waals surface area contributed by atoms with Gasteiger partial charge in [-0.2, -0.15) is 11.8 Å². The van der Waals surface area contributed by atoms with Gasteiger partial charge in [-0.1, -0.05) is 15.9 Å². The molecule has 1 unspecified atom stereocenters. The van der Waals surface area contributed by atoms with E-state index >= 15 is 0 Å². The largest absolute Gasteiger partial charge is 0.398 e. The average molecular weight is 365 g/mol. The highest BCUT2D eigenvalue weighted by molar-refractivity contribution is 9.10. The molecule has 1 fully saturated rings. The molecule has 1 aliphatic rings. The first-order chi connectivity index (χ1) is 8.82. The van der Waals surface area contributed by atoms with Gasteiger partial charge in [-0.3, -0.25) is 0 Å². The van der Waals surface area contributed by atoms with Crippen molar-refractivity contribution >= 4 is 43.4 Å². The van der Waals surface area contributed by atoms with E-state index in [1.54, 1.807) is 12.1 Å². The fraction of sp³-hybridized carbons (Fsp3) is 0.500. The fourth-order valence-corrected chi connectivity index (χ4v) is 5.22. The molecule has 1 saturated heterocycles. The van der Waals surface area contributed by atoms with Crippen molar-refractivity contribution in [3.63, 3.8) is 0 Å². The first-order valence-corrected chi connectivity index (χ1v) is 9.27. The molecular weight excluding hydrogens is 348 g/mol. The molecule has 1 heterocycles. The molecule has 0 aliphatic carbocycles. The number of nitrogen functional groups attached to an aromatic ring is 1. The highest BCUT2D eigenvalue weighted by Gasteiger charge is 2.31. The second-order valence-corrected chi connectivity index (χ2v) is 9.24. The molecule has 19 heavy (non-hydrogen) atoms. The molecule has 0 spiro atoms. The molecule has 4 nitrogen and oxygen atoms in total. The Morgan fingerprint density at radius 1 is 1.53 bits per heavy atom. The molecule has 106 valence electrons. The minimum atomic E-state index is -3.56. The summed E-state index contributed by atoms with van der Waals surface area (Å²) in [4.78, 5) is 0.133. The lowest BCUT2D eigenvalue weighted by atomic mass is 10.1. The zero-order valence-corrected chi connectivity index (χ0v) is 13.9. The minimum absolute atomic E-state index is 0.00611. The zero-order valence-electron chi connectivity index (χ0n) is 10.6. The Bertz CT molecular complexity index is 569. The van der Waals surface area contributed by atoms with Gasteiger partial charge in [-0.05, 0) is 43.7 Å². The summed E-state index contributed by atoms with van der Waals surface area (Å²) in [7, 11) is -3.56. The summed E-state index contributed by atoms with van der Waals surface area (Å²) in [5.41, 5.74) is 6.01. The van der Waals surface area contributed by atoms with Crippen molar-refractivity contribution in [3.8, 4) is 0 Å². The van der Waals surface area contributed by atoms with E-state index in [4.69, 9.17) is 5.73 Å². The van der Waals surface area contributed by atoms with Crippen molar-refractivity contribution in [2.24, 2.45) is 0 Å². The van der Waals surface area contributed by atoms with Crippen molar-refractivity contribution in [1.29, 1.82) is 0 Å². The number of nitrogens with one attached hydrogen (secondary N) is 1. The number of hydrogen-bond donors (Lipinski definition) is 2. The molecule has 0 amide bonds. The average Bonchev–Trinajstić information content (AvgIpc) is 2.78. The summed E-state index contributed by atoms with van der Waals surface area (Å²) in [5, 5.41) is 0. The van der Waals surface area contributed by atoms with Gasteiger partial charge in [-0.25, -0.2) is 13.1 Å². The van der Waals surface area contributed by atoms with E-state index in [1.807, 2.05) is 11.8 Å². The molecular formula is C12H17BrN2O2S2. The maximum atomic E-state index is 12.3. The quantitative estimate of drug-likeness (QED) is 0.805. The van der Waals surface area contributed by atoms with Crippen LogP contribution in [0.2, 0.25) is 0 Å². The van der Waals surface area contributed by atoms with Crippen molar-refractivity contribution < 1.29 is 8.42 Å². The maximum Gasteiger partial charge on any atom is 0.242 e. The lowest BCUT2D eigenvalue weighted by Crippen LogP contribution is -2.37. The van der Waals surface area contributed by atoms with E-state index in [9.17, 15) is 8.42 Å². The number of halogens is 1. The molecule has 1 aromatic carbocycles. The van der Waals surface area contributed by atoms with Crippen LogP contribution in [0.4, 0.5) is 5.69 Å². The Labute approximate surface area is 126 Å². The first-order valence-electron chi connectivity index (χ1n) is 6.01. The summed E-state index contributed by atoms with van der Waals surface area (Å²) in [6, 6.07) is 4.84. The number of anilines is 1.